The lowest BCUT2D eigenvalue weighted by Gasteiger charge is -2.25. The van der Waals surface area contributed by atoms with Crippen LogP contribution in [0.2, 0.25) is 0 Å². The Hall–Kier alpha value is -3.44. The second-order valence-electron chi connectivity index (χ2n) is 7.79. The average molecular weight is 396 g/mol. The van der Waals surface area contributed by atoms with Crippen molar-refractivity contribution in [3.8, 4) is 0 Å². The Morgan fingerprint density at radius 1 is 0.933 bits per heavy atom. The summed E-state index contributed by atoms with van der Waals surface area (Å²) in [5.74, 6) is 0. The molecule has 2 aromatic heterocycles. The lowest BCUT2D eigenvalue weighted by atomic mass is 9.99. The zero-order valence-electron chi connectivity index (χ0n) is 16.7. The molecule has 0 unspecified atom stereocenters. The molecule has 0 bridgehead atoms. The Bertz CT molecular complexity index is 1130. The van der Waals surface area contributed by atoms with Gasteiger partial charge in [-0.15, -0.1) is 0 Å². The molecule has 30 heavy (non-hydrogen) atoms. The van der Waals surface area contributed by atoms with Crippen LogP contribution < -0.4 is 5.56 Å². The number of nitrogens with zero attached hydrogens (tertiary/aromatic N) is 3. The summed E-state index contributed by atoms with van der Waals surface area (Å²) in [6.07, 6.45) is 4.46. The molecule has 4 aromatic rings. The molecule has 0 saturated heterocycles. The molecule has 0 atom stereocenters. The monoisotopic (exact) mass is 396 g/mol. The van der Waals surface area contributed by atoms with Gasteiger partial charge in [-0.3, -0.25) is 19.8 Å². The third-order valence-corrected chi connectivity index (χ3v) is 5.77. The molecule has 0 amide bonds. The molecular weight excluding hydrogens is 372 g/mol. The quantitative estimate of drug-likeness (QED) is 0.559. The molecule has 0 saturated carbocycles. The first kappa shape index (κ1) is 18.6. The number of aromatic nitrogens is 3. The number of aromatic amines is 1. The predicted octanol–water partition coefficient (Wildman–Crippen LogP) is 3.77. The van der Waals surface area contributed by atoms with E-state index in [4.69, 9.17) is 0 Å². The number of hydrogen-bond donors (Lipinski definition) is 1. The maximum absolute atomic E-state index is 13.4. The van der Waals surface area contributed by atoms with Crippen LogP contribution in [0.25, 0.3) is 0 Å². The largest absolute Gasteiger partial charge is 0.297 e. The smallest absolute Gasteiger partial charge is 0.270 e. The summed E-state index contributed by atoms with van der Waals surface area (Å²) in [4.78, 5) is 19.9. The summed E-state index contributed by atoms with van der Waals surface area (Å²) < 4.78 is 1.81. The summed E-state index contributed by atoms with van der Waals surface area (Å²) >= 11 is 0. The molecule has 150 valence electrons. The van der Waals surface area contributed by atoms with Gasteiger partial charge in [-0.2, -0.15) is 0 Å². The van der Waals surface area contributed by atoms with Gasteiger partial charge in [-0.1, -0.05) is 66.7 Å². The molecule has 5 nitrogen and oxygen atoms in total. The Morgan fingerprint density at radius 2 is 1.63 bits per heavy atom. The topological polar surface area (TPSA) is 53.9 Å². The van der Waals surface area contributed by atoms with Gasteiger partial charge in [0.25, 0.3) is 5.56 Å². The number of nitrogens with one attached hydrogen (secondary N) is 1. The van der Waals surface area contributed by atoms with Crippen molar-refractivity contribution in [1.29, 1.82) is 0 Å². The van der Waals surface area contributed by atoms with Crippen LogP contribution >= 0.6 is 0 Å². The molecule has 1 aliphatic rings. The third kappa shape index (κ3) is 3.60. The number of fused-ring (bicyclic) bond motifs is 1. The van der Waals surface area contributed by atoms with E-state index in [0.717, 1.165) is 48.4 Å². The molecule has 0 spiro atoms. The molecule has 5 heteroatoms. The van der Waals surface area contributed by atoms with Gasteiger partial charge < -0.3 is 0 Å². The summed E-state index contributed by atoms with van der Waals surface area (Å²) in [6, 6.07) is 24.3. The van der Waals surface area contributed by atoms with Gasteiger partial charge in [0, 0.05) is 37.6 Å². The van der Waals surface area contributed by atoms with Gasteiger partial charge in [-0.25, -0.2) is 4.68 Å². The molecule has 2 aromatic carbocycles. The van der Waals surface area contributed by atoms with Crippen LogP contribution in [0.3, 0.4) is 0 Å². The van der Waals surface area contributed by atoms with Crippen LogP contribution in [0.4, 0.5) is 0 Å². The Balaban J connectivity index is 1.50. The summed E-state index contributed by atoms with van der Waals surface area (Å²) in [5, 5.41) is 3.46. The maximum Gasteiger partial charge on any atom is 0.270 e. The highest BCUT2D eigenvalue weighted by atomic mass is 16.1. The molecule has 3 heterocycles. The lowest BCUT2D eigenvalue weighted by molar-refractivity contribution is 0.241. The fourth-order valence-corrected chi connectivity index (χ4v) is 4.33. The van der Waals surface area contributed by atoms with Crippen LogP contribution in [0.5, 0.6) is 0 Å². The van der Waals surface area contributed by atoms with Gasteiger partial charge in [0.05, 0.1) is 5.69 Å². The Morgan fingerprint density at radius 3 is 2.27 bits per heavy atom. The Labute approximate surface area is 175 Å². The van der Waals surface area contributed by atoms with E-state index < -0.39 is 0 Å². The van der Waals surface area contributed by atoms with Crippen molar-refractivity contribution in [2.45, 2.75) is 25.6 Å². The lowest BCUT2D eigenvalue weighted by Crippen LogP contribution is -2.32. The van der Waals surface area contributed by atoms with E-state index in [2.05, 4.69) is 45.3 Å². The fraction of sp³-hybridized carbons (Fsp3) is 0.200. The molecule has 5 rings (SSSR count). The number of pyridine rings is 1. The van der Waals surface area contributed by atoms with E-state index in [1.807, 2.05) is 53.3 Å². The van der Waals surface area contributed by atoms with E-state index in [1.54, 1.807) is 6.20 Å². The van der Waals surface area contributed by atoms with E-state index in [1.165, 1.54) is 5.56 Å². The predicted molar refractivity (Wildman–Crippen MR) is 117 cm³/mol. The molecular formula is C25H24N4O. The van der Waals surface area contributed by atoms with Crippen molar-refractivity contribution >= 4 is 0 Å². The fourth-order valence-electron chi connectivity index (χ4n) is 4.33. The minimum Gasteiger partial charge on any atom is -0.297 e. The van der Waals surface area contributed by atoms with Crippen molar-refractivity contribution in [2.75, 3.05) is 6.54 Å². The van der Waals surface area contributed by atoms with Gasteiger partial charge in [-0.05, 0) is 29.2 Å². The average Bonchev–Trinajstić information content (AvgIpc) is 3.11. The summed E-state index contributed by atoms with van der Waals surface area (Å²) in [7, 11) is 0. The van der Waals surface area contributed by atoms with Gasteiger partial charge in [0.1, 0.15) is 6.04 Å². The van der Waals surface area contributed by atoms with E-state index in [9.17, 15) is 4.79 Å². The first-order valence-corrected chi connectivity index (χ1v) is 10.3. The zero-order chi connectivity index (χ0) is 20.3. The van der Waals surface area contributed by atoms with Crippen LogP contribution in [-0.2, 0) is 19.5 Å². The van der Waals surface area contributed by atoms with Crippen molar-refractivity contribution in [3.63, 3.8) is 0 Å². The zero-order valence-corrected chi connectivity index (χ0v) is 16.7. The standard InChI is InChI=1S/C25H24N4O/c30-25-22-13-15-28(17-19-8-7-14-26-16-19)18-23(22)27-29(25)24(20-9-3-1-4-10-20)21-11-5-2-6-12-21/h1-12,14,16,24,27H,13,15,17-18H2. The normalized spacial score (nSPS) is 14.0. The third-order valence-electron chi connectivity index (χ3n) is 5.77. The van der Waals surface area contributed by atoms with Crippen LogP contribution in [-0.4, -0.2) is 26.2 Å². The van der Waals surface area contributed by atoms with E-state index in [0.29, 0.717) is 0 Å². The molecule has 0 aliphatic carbocycles. The SMILES string of the molecule is O=c1c2c([nH]n1C(c1ccccc1)c1ccccc1)CN(Cc1cccnc1)CC2. The maximum atomic E-state index is 13.4. The minimum absolute atomic E-state index is 0.0868. The van der Waals surface area contributed by atoms with Crippen molar-refractivity contribution < 1.29 is 0 Å². The number of hydrogen-bond acceptors (Lipinski definition) is 3. The first-order valence-electron chi connectivity index (χ1n) is 10.3. The van der Waals surface area contributed by atoms with Crippen molar-refractivity contribution in [1.82, 2.24) is 19.7 Å². The highest BCUT2D eigenvalue weighted by Gasteiger charge is 2.26. The van der Waals surface area contributed by atoms with E-state index in [-0.39, 0.29) is 11.6 Å². The second kappa shape index (κ2) is 8.13. The summed E-state index contributed by atoms with van der Waals surface area (Å²) in [6.45, 7) is 2.44. The van der Waals surface area contributed by atoms with Crippen LogP contribution in [0.1, 0.15) is 34.0 Å². The molecule has 0 radical (unpaired) electrons. The summed E-state index contributed by atoms with van der Waals surface area (Å²) in [5.41, 5.74) is 5.40. The first-order chi connectivity index (χ1) is 14.8. The molecule has 0 fully saturated rings. The second-order valence-corrected chi connectivity index (χ2v) is 7.79. The van der Waals surface area contributed by atoms with Gasteiger partial charge in [0.2, 0.25) is 0 Å². The Kier molecular flexibility index (Phi) is 5.03. The minimum atomic E-state index is -0.169. The number of rotatable bonds is 5. The van der Waals surface area contributed by atoms with Crippen molar-refractivity contribution in [3.05, 3.63) is 123 Å². The van der Waals surface area contributed by atoms with Crippen LogP contribution in [0.15, 0.2) is 90.0 Å². The number of H-pyrrole nitrogens is 1. The van der Waals surface area contributed by atoms with E-state index >= 15 is 0 Å². The van der Waals surface area contributed by atoms with Crippen LogP contribution in [0, 0.1) is 0 Å². The van der Waals surface area contributed by atoms with Gasteiger partial charge in [0.15, 0.2) is 0 Å². The number of benzene rings is 2. The highest BCUT2D eigenvalue weighted by molar-refractivity contribution is 5.34. The van der Waals surface area contributed by atoms with Crippen molar-refractivity contribution in [2.24, 2.45) is 0 Å². The highest BCUT2D eigenvalue weighted by Crippen LogP contribution is 2.26. The molecule has 1 N–H and O–H groups in total. The van der Waals surface area contributed by atoms with Gasteiger partial charge >= 0.3 is 0 Å². The molecule has 1 aliphatic heterocycles.